The molecule has 1 aromatic carbocycles. The van der Waals surface area contributed by atoms with Gasteiger partial charge in [-0.3, -0.25) is 10.1 Å². The molecule has 0 radical (unpaired) electrons. The number of H-pyrrole nitrogens is 1. The third-order valence-corrected chi connectivity index (χ3v) is 5.79. The van der Waals surface area contributed by atoms with Crippen molar-refractivity contribution in [3.63, 3.8) is 0 Å². The van der Waals surface area contributed by atoms with Gasteiger partial charge in [-0.15, -0.1) is 0 Å². The molecular weight excluding hydrogens is 368 g/mol. The van der Waals surface area contributed by atoms with E-state index in [-0.39, 0.29) is 0 Å². The lowest BCUT2D eigenvalue weighted by atomic mass is 9.81. The zero-order valence-corrected chi connectivity index (χ0v) is 17.2. The Balaban J connectivity index is 1.68. The van der Waals surface area contributed by atoms with Gasteiger partial charge in [0.05, 0.1) is 5.69 Å². The standard InChI is InChI=1S/C23H27ClN4/c1-15(2)26-19-12-8-17(9-13-19)23-21(20-5-3-4-14-25-20)22(27-28-23)16-6-10-18(24)11-7-16/h3-7,10-11,14-15,17,19,26H,8-9,12-13H2,1-2H3,(H,27,28)/t17-,19-. The van der Waals surface area contributed by atoms with E-state index in [4.69, 9.17) is 16.7 Å². The Labute approximate surface area is 171 Å². The van der Waals surface area contributed by atoms with Gasteiger partial charge in [0.15, 0.2) is 0 Å². The number of rotatable bonds is 5. The lowest BCUT2D eigenvalue weighted by Gasteiger charge is -2.30. The summed E-state index contributed by atoms with van der Waals surface area (Å²) in [6, 6.07) is 15.1. The summed E-state index contributed by atoms with van der Waals surface area (Å²) < 4.78 is 0. The van der Waals surface area contributed by atoms with E-state index in [1.165, 1.54) is 18.5 Å². The predicted octanol–water partition coefficient (Wildman–Crippen LogP) is 5.82. The molecule has 1 fully saturated rings. The second kappa shape index (κ2) is 8.46. The summed E-state index contributed by atoms with van der Waals surface area (Å²) in [5.41, 5.74) is 5.32. The van der Waals surface area contributed by atoms with E-state index < -0.39 is 0 Å². The van der Waals surface area contributed by atoms with Crippen LogP contribution in [0, 0.1) is 0 Å². The van der Waals surface area contributed by atoms with E-state index in [0.717, 1.165) is 40.4 Å². The summed E-state index contributed by atoms with van der Waals surface area (Å²) in [4.78, 5) is 4.64. The molecule has 0 bridgehead atoms. The molecule has 2 aromatic heterocycles. The molecule has 0 aliphatic heterocycles. The summed E-state index contributed by atoms with van der Waals surface area (Å²) in [5, 5.41) is 12.5. The molecule has 5 heteroatoms. The van der Waals surface area contributed by atoms with E-state index in [0.29, 0.717) is 18.0 Å². The number of aromatic amines is 1. The van der Waals surface area contributed by atoms with E-state index in [9.17, 15) is 0 Å². The number of aromatic nitrogens is 3. The number of hydrogen-bond donors (Lipinski definition) is 2. The van der Waals surface area contributed by atoms with Crippen molar-refractivity contribution in [3.05, 3.63) is 59.4 Å². The number of halogens is 1. The highest BCUT2D eigenvalue weighted by molar-refractivity contribution is 6.30. The molecule has 4 nitrogen and oxygen atoms in total. The third kappa shape index (κ3) is 4.13. The number of pyridine rings is 1. The van der Waals surface area contributed by atoms with Crippen molar-refractivity contribution >= 4 is 11.6 Å². The normalized spacial score (nSPS) is 19.9. The van der Waals surface area contributed by atoms with Crippen molar-refractivity contribution in [3.8, 4) is 22.5 Å². The molecule has 4 rings (SSSR count). The van der Waals surface area contributed by atoms with Crippen molar-refractivity contribution in [2.75, 3.05) is 0 Å². The van der Waals surface area contributed by atoms with Gasteiger partial charge in [0.25, 0.3) is 0 Å². The van der Waals surface area contributed by atoms with Gasteiger partial charge >= 0.3 is 0 Å². The Morgan fingerprint density at radius 2 is 1.79 bits per heavy atom. The largest absolute Gasteiger partial charge is 0.312 e. The maximum atomic E-state index is 6.09. The van der Waals surface area contributed by atoms with Crippen molar-refractivity contribution in [2.45, 2.75) is 57.5 Å². The number of benzene rings is 1. The van der Waals surface area contributed by atoms with Crippen molar-refractivity contribution in [2.24, 2.45) is 0 Å². The SMILES string of the molecule is CC(C)N[C@H]1CC[C@H](c2[nH]nc(-c3ccc(Cl)cc3)c2-c2ccccn2)CC1. The molecule has 0 spiro atoms. The van der Waals surface area contributed by atoms with Crippen LogP contribution in [0.1, 0.15) is 51.1 Å². The van der Waals surface area contributed by atoms with Crippen LogP contribution in [0.4, 0.5) is 0 Å². The van der Waals surface area contributed by atoms with Crippen LogP contribution in [0.3, 0.4) is 0 Å². The van der Waals surface area contributed by atoms with Gasteiger partial charge in [-0.2, -0.15) is 5.10 Å². The first-order valence-electron chi connectivity index (χ1n) is 10.1. The zero-order valence-electron chi connectivity index (χ0n) is 16.5. The maximum absolute atomic E-state index is 6.09. The molecule has 0 unspecified atom stereocenters. The number of hydrogen-bond acceptors (Lipinski definition) is 3. The quantitative estimate of drug-likeness (QED) is 0.573. The highest BCUT2D eigenvalue weighted by atomic mass is 35.5. The van der Waals surface area contributed by atoms with Crippen LogP contribution in [0.5, 0.6) is 0 Å². The Morgan fingerprint density at radius 3 is 2.43 bits per heavy atom. The van der Waals surface area contributed by atoms with Crippen LogP contribution < -0.4 is 5.32 Å². The monoisotopic (exact) mass is 394 g/mol. The fourth-order valence-electron chi connectivity index (χ4n) is 4.26. The molecule has 2 N–H and O–H groups in total. The second-order valence-corrected chi connectivity index (χ2v) is 8.39. The molecular formula is C23H27ClN4. The average Bonchev–Trinajstić information content (AvgIpc) is 3.14. The molecule has 0 saturated heterocycles. The van der Waals surface area contributed by atoms with E-state index in [1.807, 2.05) is 42.6 Å². The minimum absolute atomic E-state index is 0.482. The highest BCUT2D eigenvalue weighted by Crippen LogP contribution is 2.41. The van der Waals surface area contributed by atoms with E-state index in [1.54, 1.807) is 0 Å². The minimum Gasteiger partial charge on any atom is -0.312 e. The Kier molecular flexibility index (Phi) is 5.79. The summed E-state index contributed by atoms with van der Waals surface area (Å²) in [5.74, 6) is 0.482. The zero-order chi connectivity index (χ0) is 19.5. The van der Waals surface area contributed by atoms with Gasteiger partial charge in [0, 0.05) is 46.0 Å². The van der Waals surface area contributed by atoms with Crippen LogP contribution in [-0.4, -0.2) is 27.3 Å². The van der Waals surface area contributed by atoms with Crippen LogP contribution in [0.25, 0.3) is 22.5 Å². The Hall–Kier alpha value is -2.17. The van der Waals surface area contributed by atoms with E-state index >= 15 is 0 Å². The van der Waals surface area contributed by atoms with Gasteiger partial charge in [0.2, 0.25) is 0 Å². The molecule has 0 atom stereocenters. The van der Waals surface area contributed by atoms with Crippen LogP contribution in [-0.2, 0) is 0 Å². The highest BCUT2D eigenvalue weighted by Gasteiger charge is 2.28. The van der Waals surface area contributed by atoms with Gasteiger partial charge in [-0.1, -0.05) is 43.6 Å². The number of nitrogens with zero attached hydrogens (tertiary/aromatic N) is 2. The van der Waals surface area contributed by atoms with Crippen LogP contribution >= 0.6 is 11.6 Å². The topological polar surface area (TPSA) is 53.6 Å². The molecule has 3 aromatic rings. The molecule has 146 valence electrons. The number of nitrogens with one attached hydrogen (secondary N) is 2. The predicted molar refractivity (Wildman–Crippen MR) is 116 cm³/mol. The minimum atomic E-state index is 0.482. The smallest absolute Gasteiger partial charge is 0.102 e. The fraction of sp³-hybridized carbons (Fsp3) is 0.391. The first-order valence-corrected chi connectivity index (χ1v) is 10.5. The molecule has 1 saturated carbocycles. The molecule has 1 aliphatic carbocycles. The van der Waals surface area contributed by atoms with Gasteiger partial charge < -0.3 is 5.32 Å². The maximum Gasteiger partial charge on any atom is 0.102 e. The Morgan fingerprint density at radius 1 is 1.04 bits per heavy atom. The third-order valence-electron chi connectivity index (χ3n) is 5.54. The summed E-state index contributed by atoms with van der Waals surface area (Å²) in [7, 11) is 0. The van der Waals surface area contributed by atoms with Gasteiger partial charge in [0.1, 0.15) is 5.69 Å². The summed E-state index contributed by atoms with van der Waals surface area (Å²) in [6.45, 7) is 4.44. The van der Waals surface area contributed by atoms with Crippen LogP contribution in [0.15, 0.2) is 48.7 Å². The summed E-state index contributed by atoms with van der Waals surface area (Å²) >= 11 is 6.09. The Bertz CT molecular complexity index is 894. The average molecular weight is 395 g/mol. The lowest BCUT2D eigenvalue weighted by Crippen LogP contribution is -2.37. The first-order chi connectivity index (χ1) is 13.6. The van der Waals surface area contributed by atoms with Gasteiger partial charge in [-0.25, -0.2) is 0 Å². The van der Waals surface area contributed by atoms with Crippen LogP contribution in [0.2, 0.25) is 5.02 Å². The fourth-order valence-corrected chi connectivity index (χ4v) is 4.38. The lowest BCUT2D eigenvalue weighted by molar-refractivity contribution is 0.323. The van der Waals surface area contributed by atoms with Crippen molar-refractivity contribution < 1.29 is 0 Å². The second-order valence-electron chi connectivity index (χ2n) is 7.95. The molecule has 28 heavy (non-hydrogen) atoms. The van der Waals surface area contributed by atoms with Crippen molar-refractivity contribution in [1.82, 2.24) is 20.5 Å². The molecule has 0 amide bonds. The van der Waals surface area contributed by atoms with E-state index in [2.05, 4.69) is 35.3 Å². The molecule has 1 aliphatic rings. The molecule has 2 heterocycles. The van der Waals surface area contributed by atoms with Gasteiger partial charge in [-0.05, 0) is 49.9 Å². The summed E-state index contributed by atoms with van der Waals surface area (Å²) in [6.07, 6.45) is 6.56. The first kappa shape index (κ1) is 19.2. The van der Waals surface area contributed by atoms with Crippen molar-refractivity contribution in [1.29, 1.82) is 0 Å².